The zero-order valence-corrected chi connectivity index (χ0v) is 12.9. The number of amides is 1. The number of carbonyl (C=O) groups is 2. The highest BCUT2D eigenvalue weighted by molar-refractivity contribution is 5.91. The monoisotopic (exact) mass is 257 g/mol. The van der Waals surface area contributed by atoms with E-state index in [0.29, 0.717) is 0 Å². The Morgan fingerprint density at radius 1 is 1.00 bits per heavy atom. The van der Waals surface area contributed by atoms with E-state index in [-0.39, 0.29) is 11.7 Å². The fourth-order valence-electron chi connectivity index (χ4n) is 1.44. The first-order valence-electron chi connectivity index (χ1n) is 6.38. The molecule has 0 bridgehead atoms. The standard InChI is InChI=1S/C14H27NO3/c1-9(2)10(11(16)13(3,4)5)15-12(17)18-14(6,7)8/h9-10H,1-8H3,(H,15,17)/t10-/m1/s1. The molecule has 18 heavy (non-hydrogen) atoms. The second kappa shape index (κ2) is 5.72. The molecule has 0 heterocycles. The number of carbonyl (C=O) groups excluding carboxylic acids is 2. The summed E-state index contributed by atoms with van der Waals surface area (Å²) in [5.74, 6) is 0.0487. The maximum Gasteiger partial charge on any atom is 0.408 e. The average molecular weight is 257 g/mol. The number of Topliss-reactive ketones (excluding diaryl/α,β-unsaturated/α-hetero) is 1. The van der Waals surface area contributed by atoms with Crippen LogP contribution >= 0.6 is 0 Å². The van der Waals surface area contributed by atoms with Crippen molar-refractivity contribution in [2.24, 2.45) is 11.3 Å². The zero-order chi connectivity index (χ0) is 14.7. The van der Waals surface area contributed by atoms with Crippen LogP contribution in [0.5, 0.6) is 0 Å². The van der Waals surface area contributed by atoms with E-state index in [9.17, 15) is 9.59 Å². The SMILES string of the molecule is CC(C)[C@@H](NC(=O)OC(C)(C)C)C(=O)C(C)(C)C. The van der Waals surface area contributed by atoms with Crippen molar-refractivity contribution in [3.8, 4) is 0 Å². The van der Waals surface area contributed by atoms with E-state index < -0.39 is 23.2 Å². The van der Waals surface area contributed by atoms with Crippen LogP contribution in [0.4, 0.5) is 4.79 Å². The van der Waals surface area contributed by atoms with Gasteiger partial charge < -0.3 is 10.1 Å². The number of hydrogen-bond donors (Lipinski definition) is 1. The van der Waals surface area contributed by atoms with Crippen LogP contribution in [0.2, 0.25) is 0 Å². The van der Waals surface area contributed by atoms with Crippen LogP contribution in [0.25, 0.3) is 0 Å². The molecule has 1 amide bonds. The van der Waals surface area contributed by atoms with Crippen LogP contribution in [-0.4, -0.2) is 23.5 Å². The molecule has 0 aliphatic carbocycles. The van der Waals surface area contributed by atoms with Gasteiger partial charge >= 0.3 is 6.09 Å². The molecule has 106 valence electrons. The van der Waals surface area contributed by atoms with Crippen molar-refractivity contribution >= 4 is 11.9 Å². The molecule has 0 saturated heterocycles. The predicted octanol–water partition coefficient (Wildman–Crippen LogP) is 3.15. The summed E-state index contributed by atoms with van der Waals surface area (Å²) in [6.07, 6.45) is -0.543. The normalized spacial score (nSPS) is 14.3. The van der Waals surface area contributed by atoms with E-state index in [0.717, 1.165) is 0 Å². The van der Waals surface area contributed by atoms with Crippen molar-refractivity contribution in [1.29, 1.82) is 0 Å². The van der Waals surface area contributed by atoms with Gasteiger partial charge in [0.05, 0.1) is 6.04 Å². The van der Waals surface area contributed by atoms with Crippen LogP contribution in [0, 0.1) is 11.3 Å². The average Bonchev–Trinajstić information content (AvgIpc) is 2.08. The van der Waals surface area contributed by atoms with Gasteiger partial charge in [0.2, 0.25) is 0 Å². The van der Waals surface area contributed by atoms with Gasteiger partial charge in [-0.05, 0) is 26.7 Å². The molecule has 0 spiro atoms. The zero-order valence-electron chi connectivity index (χ0n) is 12.9. The minimum absolute atomic E-state index is 0.0170. The number of hydrogen-bond acceptors (Lipinski definition) is 3. The first-order chi connectivity index (χ1) is 7.84. The van der Waals surface area contributed by atoms with Crippen LogP contribution < -0.4 is 5.32 Å². The molecule has 0 aromatic heterocycles. The van der Waals surface area contributed by atoms with E-state index in [1.165, 1.54) is 0 Å². The van der Waals surface area contributed by atoms with E-state index in [2.05, 4.69) is 5.32 Å². The Labute approximate surface area is 110 Å². The molecule has 0 aliphatic rings. The van der Waals surface area contributed by atoms with Gasteiger partial charge in [0, 0.05) is 5.41 Å². The van der Waals surface area contributed by atoms with Gasteiger partial charge in [0.25, 0.3) is 0 Å². The minimum atomic E-state index is -0.559. The fraction of sp³-hybridized carbons (Fsp3) is 0.857. The highest BCUT2D eigenvalue weighted by Crippen LogP contribution is 2.20. The summed E-state index contributed by atoms with van der Waals surface area (Å²) in [6.45, 7) is 14.7. The molecular weight excluding hydrogens is 230 g/mol. The highest BCUT2D eigenvalue weighted by Gasteiger charge is 2.33. The summed E-state index contributed by atoms with van der Waals surface area (Å²) in [6, 6.07) is -0.514. The second-order valence-electron chi connectivity index (χ2n) is 6.98. The molecular formula is C14H27NO3. The third-order valence-electron chi connectivity index (χ3n) is 2.36. The number of nitrogens with one attached hydrogen (secondary N) is 1. The predicted molar refractivity (Wildman–Crippen MR) is 72.5 cm³/mol. The molecule has 0 aliphatic heterocycles. The van der Waals surface area contributed by atoms with E-state index in [1.807, 2.05) is 34.6 Å². The van der Waals surface area contributed by atoms with Crippen molar-refractivity contribution in [2.45, 2.75) is 67.0 Å². The smallest absolute Gasteiger partial charge is 0.408 e. The number of alkyl carbamates (subject to hydrolysis) is 1. The summed E-state index contributed by atoms with van der Waals surface area (Å²) in [7, 11) is 0. The second-order valence-corrected chi connectivity index (χ2v) is 6.98. The molecule has 0 saturated carbocycles. The van der Waals surface area contributed by atoms with E-state index >= 15 is 0 Å². The Hall–Kier alpha value is -1.06. The summed E-state index contributed by atoms with van der Waals surface area (Å²) >= 11 is 0. The summed E-state index contributed by atoms with van der Waals surface area (Å²) in [4.78, 5) is 24.0. The van der Waals surface area contributed by atoms with Crippen LogP contribution in [0.3, 0.4) is 0 Å². The molecule has 4 heteroatoms. The van der Waals surface area contributed by atoms with Gasteiger partial charge in [-0.25, -0.2) is 4.79 Å². The molecule has 0 rings (SSSR count). The molecule has 0 fully saturated rings. The van der Waals surface area contributed by atoms with E-state index in [4.69, 9.17) is 4.74 Å². The lowest BCUT2D eigenvalue weighted by Crippen LogP contribution is -2.49. The largest absolute Gasteiger partial charge is 0.444 e. The van der Waals surface area contributed by atoms with Gasteiger partial charge in [-0.15, -0.1) is 0 Å². The van der Waals surface area contributed by atoms with Crippen molar-refractivity contribution in [2.75, 3.05) is 0 Å². The Balaban J connectivity index is 4.76. The fourth-order valence-corrected chi connectivity index (χ4v) is 1.44. The molecule has 1 N–H and O–H groups in total. The van der Waals surface area contributed by atoms with E-state index in [1.54, 1.807) is 20.8 Å². The van der Waals surface area contributed by atoms with Crippen LogP contribution in [-0.2, 0) is 9.53 Å². The highest BCUT2D eigenvalue weighted by atomic mass is 16.6. The number of ketones is 1. The Bertz CT molecular complexity index is 308. The molecule has 0 radical (unpaired) electrons. The molecule has 0 aromatic carbocycles. The summed E-state index contributed by atoms with van der Waals surface area (Å²) in [5, 5.41) is 2.67. The number of rotatable bonds is 3. The van der Waals surface area contributed by atoms with Crippen molar-refractivity contribution < 1.29 is 14.3 Å². The molecule has 1 atom stereocenters. The summed E-state index contributed by atoms with van der Waals surface area (Å²) in [5.41, 5.74) is -1.04. The van der Waals surface area contributed by atoms with Gasteiger partial charge in [0.15, 0.2) is 5.78 Å². The minimum Gasteiger partial charge on any atom is -0.444 e. The van der Waals surface area contributed by atoms with Crippen molar-refractivity contribution in [3.05, 3.63) is 0 Å². The van der Waals surface area contributed by atoms with Crippen molar-refractivity contribution in [1.82, 2.24) is 5.32 Å². The topological polar surface area (TPSA) is 55.4 Å². The molecule has 0 aromatic rings. The Kier molecular flexibility index (Phi) is 5.38. The first-order valence-corrected chi connectivity index (χ1v) is 6.38. The maximum atomic E-state index is 12.2. The van der Waals surface area contributed by atoms with Crippen LogP contribution in [0.15, 0.2) is 0 Å². The maximum absolute atomic E-state index is 12.2. The lowest BCUT2D eigenvalue weighted by atomic mass is 9.82. The third-order valence-corrected chi connectivity index (χ3v) is 2.36. The van der Waals surface area contributed by atoms with Crippen LogP contribution in [0.1, 0.15) is 55.4 Å². The van der Waals surface area contributed by atoms with Gasteiger partial charge in [0.1, 0.15) is 5.60 Å². The van der Waals surface area contributed by atoms with Gasteiger partial charge in [-0.3, -0.25) is 4.79 Å². The molecule has 4 nitrogen and oxygen atoms in total. The van der Waals surface area contributed by atoms with Gasteiger partial charge in [-0.1, -0.05) is 34.6 Å². The number of ether oxygens (including phenoxy) is 1. The molecule has 0 unspecified atom stereocenters. The lowest BCUT2D eigenvalue weighted by molar-refractivity contribution is -0.129. The summed E-state index contributed by atoms with van der Waals surface area (Å²) < 4.78 is 5.18. The Morgan fingerprint density at radius 2 is 1.44 bits per heavy atom. The quantitative estimate of drug-likeness (QED) is 0.845. The third kappa shape index (κ3) is 6.03. The Morgan fingerprint density at radius 3 is 1.72 bits per heavy atom. The van der Waals surface area contributed by atoms with Crippen molar-refractivity contribution in [3.63, 3.8) is 0 Å². The first kappa shape index (κ1) is 16.9. The lowest BCUT2D eigenvalue weighted by Gasteiger charge is -2.29. The van der Waals surface area contributed by atoms with Gasteiger partial charge in [-0.2, -0.15) is 0 Å².